The minimum absolute atomic E-state index is 0.0179. The number of para-hydroxylation sites is 1. The fourth-order valence-electron chi connectivity index (χ4n) is 2.90. The van der Waals surface area contributed by atoms with Crippen LogP contribution >= 0.6 is 11.6 Å². The van der Waals surface area contributed by atoms with Crippen LogP contribution in [0.2, 0.25) is 0 Å². The molecule has 0 aliphatic heterocycles. The molecule has 0 heterocycles. The highest BCUT2D eigenvalue weighted by Gasteiger charge is 2.31. The third-order valence-electron chi connectivity index (χ3n) is 4.10. The summed E-state index contributed by atoms with van der Waals surface area (Å²) in [5.74, 6) is 0.949. The largest absolute Gasteiger partial charge is 0.493 e. The Morgan fingerprint density at radius 2 is 1.95 bits per heavy atom. The summed E-state index contributed by atoms with van der Waals surface area (Å²) in [5, 5.41) is 0.0179. The molecule has 2 rings (SSSR count). The van der Waals surface area contributed by atoms with E-state index in [2.05, 4.69) is 0 Å². The second-order valence-electron chi connectivity index (χ2n) is 5.32. The number of ether oxygens (including phenoxy) is 2. The van der Waals surface area contributed by atoms with Gasteiger partial charge in [-0.25, -0.2) is 0 Å². The van der Waals surface area contributed by atoms with Gasteiger partial charge in [-0.15, -0.1) is 11.6 Å². The fraction of sp³-hybridized carbons (Fsp3) is 0.562. The molecular weight excluding hydrogens is 290 g/mol. The third-order valence-corrected chi connectivity index (χ3v) is 4.61. The van der Waals surface area contributed by atoms with Crippen LogP contribution in [0, 0.1) is 0 Å². The summed E-state index contributed by atoms with van der Waals surface area (Å²) in [5.41, 5.74) is 0.508. The van der Waals surface area contributed by atoms with Crippen molar-refractivity contribution >= 4 is 17.5 Å². The Bertz CT molecular complexity index is 506. The highest BCUT2D eigenvalue weighted by atomic mass is 35.5. The zero-order valence-corrected chi connectivity index (χ0v) is 13.5. The van der Waals surface area contributed by atoms with Crippen molar-refractivity contribution < 1.29 is 14.3 Å². The van der Waals surface area contributed by atoms with Crippen LogP contribution < -0.4 is 9.47 Å². The molecule has 0 aromatic heterocycles. The minimum atomic E-state index is -0.0803. The molecule has 1 aromatic rings. The number of nitrogens with zero attached hydrogens (tertiary/aromatic N) is 1. The maximum absolute atomic E-state index is 12.8. The van der Waals surface area contributed by atoms with Crippen molar-refractivity contribution in [1.82, 2.24) is 4.90 Å². The predicted molar refractivity (Wildman–Crippen MR) is 83.5 cm³/mol. The lowest BCUT2D eigenvalue weighted by atomic mass is 9.93. The molecule has 0 radical (unpaired) electrons. The fourth-order valence-corrected chi connectivity index (χ4v) is 3.35. The maximum atomic E-state index is 12.8. The van der Waals surface area contributed by atoms with Gasteiger partial charge in [-0.2, -0.15) is 0 Å². The number of rotatable bonds is 4. The molecule has 1 aromatic carbocycles. The zero-order valence-electron chi connectivity index (χ0n) is 12.8. The van der Waals surface area contributed by atoms with Crippen LogP contribution in [-0.2, 0) is 0 Å². The summed E-state index contributed by atoms with van der Waals surface area (Å²) >= 11 is 6.39. The Morgan fingerprint density at radius 1 is 1.24 bits per heavy atom. The molecule has 1 amide bonds. The molecule has 2 unspecified atom stereocenters. The summed E-state index contributed by atoms with van der Waals surface area (Å²) < 4.78 is 10.6. The first-order chi connectivity index (χ1) is 10.1. The first-order valence-electron chi connectivity index (χ1n) is 7.22. The van der Waals surface area contributed by atoms with Crippen molar-refractivity contribution in [2.45, 2.75) is 37.1 Å². The van der Waals surface area contributed by atoms with E-state index in [0.29, 0.717) is 17.1 Å². The Kier molecular flexibility index (Phi) is 5.34. The van der Waals surface area contributed by atoms with Gasteiger partial charge in [0, 0.05) is 13.1 Å². The Morgan fingerprint density at radius 3 is 2.57 bits per heavy atom. The quantitative estimate of drug-likeness (QED) is 0.801. The van der Waals surface area contributed by atoms with Crippen LogP contribution in [0.4, 0.5) is 0 Å². The average molecular weight is 312 g/mol. The molecule has 0 saturated heterocycles. The molecule has 1 fully saturated rings. The number of halogens is 1. The van der Waals surface area contributed by atoms with Gasteiger partial charge < -0.3 is 14.4 Å². The van der Waals surface area contributed by atoms with Gasteiger partial charge in [0.05, 0.1) is 25.2 Å². The van der Waals surface area contributed by atoms with Crippen LogP contribution in [0.15, 0.2) is 18.2 Å². The summed E-state index contributed by atoms with van der Waals surface area (Å²) in [6, 6.07) is 5.40. The monoisotopic (exact) mass is 311 g/mol. The van der Waals surface area contributed by atoms with Crippen molar-refractivity contribution in [2.75, 3.05) is 21.3 Å². The molecule has 21 heavy (non-hydrogen) atoms. The number of carbonyl (C=O) groups is 1. The summed E-state index contributed by atoms with van der Waals surface area (Å²) in [4.78, 5) is 14.5. The van der Waals surface area contributed by atoms with Gasteiger partial charge in [-0.1, -0.05) is 18.9 Å². The van der Waals surface area contributed by atoms with E-state index in [-0.39, 0.29) is 17.3 Å². The van der Waals surface area contributed by atoms with Gasteiger partial charge in [-0.3, -0.25) is 4.79 Å². The smallest absolute Gasteiger partial charge is 0.257 e. The van der Waals surface area contributed by atoms with Crippen LogP contribution in [0.3, 0.4) is 0 Å². The second kappa shape index (κ2) is 7.03. The summed E-state index contributed by atoms with van der Waals surface area (Å²) in [6.07, 6.45) is 4.15. The van der Waals surface area contributed by atoms with E-state index in [4.69, 9.17) is 21.1 Å². The van der Waals surface area contributed by atoms with Gasteiger partial charge in [0.25, 0.3) is 5.91 Å². The molecule has 0 bridgehead atoms. The Balaban J connectivity index is 2.26. The molecule has 5 heteroatoms. The molecule has 4 nitrogen and oxygen atoms in total. The van der Waals surface area contributed by atoms with Gasteiger partial charge in [0.2, 0.25) is 0 Å². The zero-order chi connectivity index (χ0) is 15.4. The lowest BCUT2D eigenvalue weighted by molar-refractivity contribution is 0.0696. The molecule has 1 aliphatic carbocycles. The predicted octanol–water partition coefficient (Wildman–Crippen LogP) is 3.33. The number of carbonyl (C=O) groups excluding carboxylic acids is 1. The standard InChI is InChI=1S/C16H22ClNO3/c1-18(13-9-5-4-8-12(13)17)16(19)11-7-6-10-14(20-2)15(11)21-3/h6-7,10,12-13H,4-5,8-9H2,1-3H3. The lowest BCUT2D eigenvalue weighted by Gasteiger charge is -2.35. The number of benzene rings is 1. The number of hydrogen-bond donors (Lipinski definition) is 0. The van der Waals surface area contributed by atoms with Crippen molar-refractivity contribution in [1.29, 1.82) is 0 Å². The first-order valence-corrected chi connectivity index (χ1v) is 7.66. The highest BCUT2D eigenvalue weighted by Crippen LogP contribution is 2.33. The molecule has 0 N–H and O–H groups in total. The summed E-state index contributed by atoms with van der Waals surface area (Å²) in [7, 11) is 4.91. The topological polar surface area (TPSA) is 38.8 Å². The van der Waals surface area contributed by atoms with E-state index < -0.39 is 0 Å². The van der Waals surface area contributed by atoms with Gasteiger partial charge >= 0.3 is 0 Å². The molecule has 1 saturated carbocycles. The SMILES string of the molecule is COc1cccc(C(=O)N(C)C2CCCCC2Cl)c1OC. The van der Waals surface area contributed by atoms with Crippen molar-refractivity contribution in [2.24, 2.45) is 0 Å². The normalized spacial score (nSPS) is 21.7. The summed E-state index contributed by atoms with van der Waals surface area (Å²) in [6.45, 7) is 0. The number of methoxy groups -OCH3 is 2. The van der Waals surface area contributed by atoms with Crippen LogP contribution in [0.5, 0.6) is 11.5 Å². The molecule has 1 aliphatic rings. The minimum Gasteiger partial charge on any atom is -0.493 e. The van der Waals surface area contributed by atoms with E-state index in [1.54, 1.807) is 37.3 Å². The van der Waals surface area contributed by atoms with E-state index in [0.717, 1.165) is 25.7 Å². The molecular formula is C16H22ClNO3. The van der Waals surface area contributed by atoms with E-state index >= 15 is 0 Å². The molecule has 0 spiro atoms. The van der Waals surface area contributed by atoms with Crippen LogP contribution in [-0.4, -0.2) is 43.5 Å². The Hall–Kier alpha value is -1.42. The van der Waals surface area contributed by atoms with E-state index in [1.807, 2.05) is 7.05 Å². The number of amides is 1. The molecule has 2 atom stereocenters. The highest BCUT2D eigenvalue weighted by molar-refractivity contribution is 6.21. The van der Waals surface area contributed by atoms with E-state index in [1.165, 1.54) is 0 Å². The molecule has 116 valence electrons. The van der Waals surface area contributed by atoms with E-state index in [9.17, 15) is 4.79 Å². The van der Waals surface area contributed by atoms with Gasteiger partial charge in [-0.05, 0) is 25.0 Å². The third kappa shape index (κ3) is 3.26. The number of hydrogen-bond acceptors (Lipinski definition) is 3. The van der Waals surface area contributed by atoms with Gasteiger partial charge in [0.15, 0.2) is 11.5 Å². The second-order valence-corrected chi connectivity index (χ2v) is 5.89. The van der Waals surface area contributed by atoms with Crippen molar-refractivity contribution in [3.63, 3.8) is 0 Å². The number of alkyl halides is 1. The van der Waals surface area contributed by atoms with Crippen molar-refractivity contribution in [3.05, 3.63) is 23.8 Å². The maximum Gasteiger partial charge on any atom is 0.257 e. The van der Waals surface area contributed by atoms with Gasteiger partial charge in [0.1, 0.15) is 0 Å². The first kappa shape index (κ1) is 16.0. The average Bonchev–Trinajstić information content (AvgIpc) is 2.53. The Labute approximate surface area is 131 Å². The van der Waals surface area contributed by atoms with Crippen molar-refractivity contribution in [3.8, 4) is 11.5 Å². The van der Waals surface area contributed by atoms with Crippen LogP contribution in [0.25, 0.3) is 0 Å². The lowest BCUT2D eigenvalue weighted by Crippen LogP contribution is -2.44. The van der Waals surface area contributed by atoms with Crippen LogP contribution in [0.1, 0.15) is 36.0 Å².